The van der Waals surface area contributed by atoms with Crippen molar-refractivity contribution >= 4 is 0 Å². The van der Waals surface area contributed by atoms with E-state index < -0.39 is 0 Å². The zero-order valence-electron chi connectivity index (χ0n) is 11.9. The summed E-state index contributed by atoms with van der Waals surface area (Å²) < 4.78 is 0. The first-order valence-corrected chi connectivity index (χ1v) is 7.77. The molecule has 1 aliphatic rings. The lowest BCUT2D eigenvalue weighted by atomic mass is 9.87. The third-order valence-corrected chi connectivity index (χ3v) is 4.16. The molecule has 1 saturated carbocycles. The van der Waals surface area contributed by atoms with Crippen molar-refractivity contribution in [1.29, 1.82) is 0 Å². The number of hydrogen-bond acceptors (Lipinski definition) is 2. The molecule has 2 N–H and O–H groups in total. The van der Waals surface area contributed by atoms with Gasteiger partial charge in [0.1, 0.15) is 0 Å². The second-order valence-electron chi connectivity index (χ2n) is 5.82. The number of nitrogens with one attached hydrogen (secondary N) is 1. The average molecular weight is 261 g/mol. The molecule has 1 aromatic carbocycles. The van der Waals surface area contributed by atoms with Crippen LogP contribution >= 0.6 is 0 Å². The summed E-state index contributed by atoms with van der Waals surface area (Å²) in [5.41, 5.74) is 1.45. The highest BCUT2D eigenvalue weighted by atomic mass is 16.3. The molecule has 0 heterocycles. The van der Waals surface area contributed by atoms with Crippen molar-refractivity contribution in [3.8, 4) is 0 Å². The van der Waals surface area contributed by atoms with Crippen molar-refractivity contribution in [2.45, 2.75) is 51.0 Å². The van der Waals surface area contributed by atoms with Gasteiger partial charge >= 0.3 is 0 Å². The van der Waals surface area contributed by atoms with E-state index in [0.717, 1.165) is 31.8 Å². The van der Waals surface area contributed by atoms with Crippen molar-refractivity contribution in [2.24, 2.45) is 5.92 Å². The molecule has 0 spiro atoms. The molecule has 0 radical (unpaired) electrons. The molecule has 2 rings (SSSR count). The Kier molecular flexibility index (Phi) is 6.38. The summed E-state index contributed by atoms with van der Waals surface area (Å²) in [5, 5.41) is 13.0. The van der Waals surface area contributed by atoms with Crippen LogP contribution in [0.15, 0.2) is 30.3 Å². The highest BCUT2D eigenvalue weighted by Gasteiger charge is 2.18. The highest BCUT2D eigenvalue weighted by molar-refractivity contribution is 5.14. The number of aliphatic hydroxyl groups excluding tert-OH is 1. The minimum atomic E-state index is -0.0258. The SMILES string of the molecule is OC1CCC(CNCCCCc2ccccc2)CC1. The Morgan fingerprint density at radius 2 is 1.74 bits per heavy atom. The van der Waals surface area contributed by atoms with Crippen molar-refractivity contribution in [1.82, 2.24) is 5.32 Å². The maximum Gasteiger partial charge on any atom is 0.0540 e. The molecule has 1 aliphatic carbocycles. The summed E-state index contributed by atoms with van der Waals surface area (Å²) >= 11 is 0. The van der Waals surface area contributed by atoms with E-state index in [0.29, 0.717) is 0 Å². The Balaban J connectivity index is 1.46. The van der Waals surface area contributed by atoms with E-state index in [9.17, 15) is 5.11 Å². The van der Waals surface area contributed by atoms with E-state index >= 15 is 0 Å². The first-order valence-electron chi connectivity index (χ1n) is 7.77. The summed E-state index contributed by atoms with van der Waals surface area (Å²) in [5.74, 6) is 0.789. The quantitative estimate of drug-likeness (QED) is 0.739. The van der Waals surface area contributed by atoms with Gasteiger partial charge in [-0.15, -0.1) is 0 Å². The van der Waals surface area contributed by atoms with Crippen LogP contribution in [0.25, 0.3) is 0 Å². The van der Waals surface area contributed by atoms with E-state index in [1.807, 2.05) is 0 Å². The summed E-state index contributed by atoms with van der Waals surface area (Å²) in [6, 6.07) is 10.7. The normalized spacial score (nSPS) is 23.4. The van der Waals surface area contributed by atoms with Crippen molar-refractivity contribution < 1.29 is 5.11 Å². The lowest BCUT2D eigenvalue weighted by Crippen LogP contribution is -2.28. The molecule has 0 saturated heterocycles. The van der Waals surface area contributed by atoms with E-state index in [-0.39, 0.29) is 6.10 Å². The molecule has 0 amide bonds. The Hall–Kier alpha value is -0.860. The van der Waals surface area contributed by atoms with Gasteiger partial charge in [-0.1, -0.05) is 30.3 Å². The molecule has 1 fully saturated rings. The van der Waals surface area contributed by atoms with Crippen LogP contribution in [0.1, 0.15) is 44.1 Å². The molecule has 0 unspecified atom stereocenters. The van der Waals surface area contributed by atoms with Gasteiger partial charge in [-0.25, -0.2) is 0 Å². The fourth-order valence-electron chi connectivity index (χ4n) is 2.88. The van der Waals surface area contributed by atoms with Gasteiger partial charge in [0.2, 0.25) is 0 Å². The van der Waals surface area contributed by atoms with Gasteiger partial charge in [0.15, 0.2) is 0 Å². The van der Waals surface area contributed by atoms with E-state index in [4.69, 9.17) is 0 Å². The topological polar surface area (TPSA) is 32.3 Å². The summed E-state index contributed by atoms with van der Waals surface area (Å²) in [7, 11) is 0. The zero-order valence-corrected chi connectivity index (χ0v) is 11.9. The van der Waals surface area contributed by atoms with Crippen molar-refractivity contribution in [3.05, 3.63) is 35.9 Å². The maximum absolute atomic E-state index is 9.46. The first-order chi connectivity index (χ1) is 9.34. The number of benzene rings is 1. The minimum Gasteiger partial charge on any atom is -0.393 e. The maximum atomic E-state index is 9.46. The summed E-state index contributed by atoms with van der Waals surface area (Å²) in [6.07, 6.45) is 8.07. The molecule has 2 nitrogen and oxygen atoms in total. The number of aliphatic hydroxyl groups is 1. The number of aryl methyl sites for hydroxylation is 1. The third kappa shape index (κ3) is 5.75. The second kappa shape index (κ2) is 8.34. The Morgan fingerprint density at radius 3 is 2.47 bits per heavy atom. The Bertz CT molecular complexity index is 330. The molecular formula is C17H27NO. The van der Waals surface area contributed by atoms with Crippen molar-refractivity contribution in [2.75, 3.05) is 13.1 Å². The lowest BCUT2D eigenvalue weighted by Gasteiger charge is -2.25. The third-order valence-electron chi connectivity index (χ3n) is 4.16. The number of hydrogen-bond donors (Lipinski definition) is 2. The average Bonchev–Trinajstić information content (AvgIpc) is 2.46. The van der Waals surface area contributed by atoms with E-state index in [2.05, 4.69) is 35.6 Å². The van der Waals surface area contributed by atoms with Gasteiger partial charge in [-0.2, -0.15) is 0 Å². The highest BCUT2D eigenvalue weighted by Crippen LogP contribution is 2.23. The summed E-state index contributed by atoms with van der Waals surface area (Å²) in [4.78, 5) is 0. The van der Waals surface area contributed by atoms with Gasteiger partial charge in [0.05, 0.1) is 6.10 Å². The van der Waals surface area contributed by atoms with Gasteiger partial charge in [-0.05, 0) is 69.5 Å². The fourth-order valence-corrected chi connectivity index (χ4v) is 2.88. The van der Waals surface area contributed by atoms with E-state index in [1.54, 1.807) is 0 Å². The van der Waals surface area contributed by atoms with Crippen LogP contribution in [0.3, 0.4) is 0 Å². The standard InChI is InChI=1S/C17H27NO/c19-17-11-9-16(10-12-17)14-18-13-5-4-8-15-6-2-1-3-7-15/h1-3,6-7,16-19H,4-5,8-14H2. The molecule has 2 heteroatoms. The Morgan fingerprint density at radius 1 is 1.00 bits per heavy atom. The van der Waals surface area contributed by atoms with Crippen LogP contribution in [-0.2, 0) is 6.42 Å². The van der Waals surface area contributed by atoms with Crippen LogP contribution in [0.4, 0.5) is 0 Å². The van der Waals surface area contributed by atoms with Crippen molar-refractivity contribution in [3.63, 3.8) is 0 Å². The van der Waals surface area contributed by atoms with Crippen LogP contribution in [0.2, 0.25) is 0 Å². The molecule has 0 bridgehead atoms. The molecule has 0 aliphatic heterocycles. The molecule has 0 aromatic heterocycles. The molecule has 0 atom stereocenters. The van der Waals surface area contributed by atoms with Crippen LogP contribution in [0, 0.1) is 5.92 Å². The summed E-state index contributed by atoms with van der Waals surface area (Å²) in [6.45, 7) is 2.27. The molecular weight excluding hydrogens is 234 g/mol. The van der Waals surface area contributed by atoms with Crippen LogP contribution in [-0.4, -0.2) is 24.3 Å². The minimum absolute atomic E-state index is 0.0258. The number of rotatable bonds is 7. The van der Waals surface area contributed by atoms with Gasteiger partial charge in [0.25, 0.3) is 0 Å². The van der Waals surface area contributed by atoms with Gasteiger partial charge in [-0.3, -0.25) is 0 Å². The molecule has 1 aromatic rings. The monoisotopic (exact) mass is 261 g/mol. The number of unbranched alkanes of at least 4 members (excludes halogenated alkanes) is 1. The van der Waals surface area contributed by atoms with Gasteiger partial charge in [0, 0.05) is 0 Å². The second-order valence-corrected chi connectivity index (χ2v) is 5.82. The van der Waals surface area contributed by atoms with E-state index in [1.165, 1.54) is 37.7 Å². The molecule has 19 heavy (non-hydrogen) atoms. The fraction of sp³-hybridized carbons (Fsp3) is 0.647. The Labute approximate surface area is 117 Å². The largest absolute Gasteiger partial charge is 0.393 e. The van der Waals surface area contributed by atoms with Crippen LogP contribution in [0.5, 0.6) is 0 Å². The zero-order chi connectivity index (χ0) is 13.3. The first kappa shape index (κ1) is 14.5. The molecule has 106 valence electrons. The van der Waals surface area contributed by atoms with Gasteiger partial charge < -0.3 is 10.4 Å². The smallest absolute Gasteiger partial charge is 0.0540 e. The predicted octanol–water partition coefficient (Wildman–Crippen LogP) is 3.15. The lowest BCUT2D eigenvalue weighted by molar-refractivity contribution is 0.108. The predicted molar refractivity (Wildman–Crippen MR) is 80.2 cm³/mol. The van der Waals surface area contributed by atoms with Crippen LogP contribution < -0.4 is 5.32 Å².